The van der Waals surface area contributed by atoms with E-state index in [9.17, 15) is 18.5 Å². The highest BCUT2D eigenvalue weighted by Gasteiger charge is 2.22. The Labute approximate surface area is 165 Å². The molecular formula is C18H17N3O5S2. The number of nitro groups is 1. The summed E-state index contributed by atoms with van der Waals surface area (Å²) in [4.78, 5) is 11.1. The van der Waals surface area contributed by atoms with Gasteiger partial charge in [0.15, 0.2) is 5.69 Å². The molecule has 2 heterocycles. The molecular weight excluding hydrogens is 402 g/mol. The Balaban J connectivity index is 1.78. The normalized spacial score (nSPS) is 11.8. The van der Waals surface area contributed by atoms with Crippen molar-refractivity contribution >= 4 is 44.9 Å². The zero-order chi connectivity index (χ0) is 20.3. The van der Waals surface area contributed by atoms with Crippen molar-refractivity contribution in [2.45, 2.75) is 24.5 Å². The standard InChI is InChI=1S/C18H17N3O5S2/c1-3-13-4-6-14(7-5-13)20-28(24,25)17-11-9-15(27-17)8-10-16-18(21(22)23)12(2)19-26-16/h4-11,20H,3H2,1-2H3. The average molecular weight is 419 g/mol. The van der Waals surface area contributed by atoms with Crippen LogP contribution in [0.15, 0.2) is 45.1 Å². The lowest BCUT2D eigenvalue weighted by Crippen LogP contribution is -2.11. The largest absolute Gasteiger partial charge is 0.349 e. The molecule has 0 spiro atoms. The van der Waals surface area contributed by atoms with Crippen LogP contribution < -0.4 is 4.72 Å². The van der Waals surface area contributed by atoms with Crippen LogP contribution in [0.3, 0.4) is 0 Å². The molecule has 0 saturated carbocycles. The number of aromatic nitrogens is 1. The lowest BCUT2D eigenvalue weighted by atomic mass is 10.2. The van der Waals surface area contributed by atoms with Crippen molar-refractivity contribution < 1.29 is 17.9 Å². The van der Waals surface area contributed by atoms with Crippen molar-refractivity contribution in [3.05, 3.63) is 68.4 Å². The SMILES string of the molecule is CCc1ccc(NS(=O)(=O)c2ccc(C=Cc3onc(C)c3[N+](=O)[O-])s2)cc1. The minimum Gasteiger partial charge on any atom is -0.349 e. The van der Waals surface area contributed by atoms with Gasteiger partial charge < -0.3 is 4.52 Å². The van der Waals surface area contributed by atoms with Crippen LogP contribution in [0, 0.1) is 17.0 Å². The maximum Gasteiger partial charge on any atom is 0.338 e. The van der Waals surface area contributed by atoms with Crippen molar-refractivity contribution in [2.24, 2.45) is 0 Å². The van der Waals surface area contributed by atoms with E-state index in [1.165, 1.54) is 19.1 Å². The van der Waals surface area contributed by atoms with Crippen LogP contribution in [0.5, 0.6) is 0 Å². The van der Waals surface area contributed by atoms with Gasteiger partial charge in [0, 0.05) is 10.6 Å². The Morgan fingerprint density at radius 1 is 1.21 bits per heavy atom. The van der Waals surface area contributed by atoms with Crippen LogP contribution in [-0.4, -0.2) is 18.5 Å². The maximum atomic E-state index is 12.5. The second-order valence-electron chi connectivity index (χ2n) is 5.88. The number of hydrogen-bond donors (Lipinski definition) is 1. The Bertz CT molecular complexity index is 1130. The molecule has 146 valence electrons. The van der Waals surface area contributed by atoms with E-state index in [2.05, 4.69) is 9.88 Å². The van der Waals surface area contributed by atoms with Crippen LogP contribution in [0.1, 0.15) is 28.8 Å². The molecule has 2 aromatic heterocycles. The van der Waals surface area contributed by atoms with E-state index < -0.39 is 14.9 Å². The summed E-state index contributed by atoms with van der Waals surface area (Å²) in [7, 11) is -3.72. The Morgan fingerprint density at radius 3 is 2.57 bits per heavy atom. The number of anilines is 1. The number of benzene rings is 1. The minimum atomic E-state index is -3.72. The molecule has 0 aliphatic heterocycles. The first-order valence-corrected chi connectivity index (χ1v) is 10.6. The van der Waals surface area contributed by atoms with Gasteiger partial charge in [-0.05, 0) is 55.3 Å². The highest BCUT2D eigenvalue weighted by atomic mass is 32.2. The molecule has 0 radical (unpaired) electrons. The molecule has 0 amide bonds. The van der Waals surface area contributed by atoms with Gasteiger partial charge in [0.25, 0.3) is 10.0 Å². The lowest BCUT2D eigenvalue weighted by Gasteiger charge is -2.06. The fourth-order valence-corrected chi connectivity index (χ4v) is 4.74. The average Bonchev–Trinajstić information content (AvgIpc) is 3.27. The van der Waals surface area contributed by atoms with E-state index in [0.29, 0.717) is 10.6 Å². The third-order valence-electron chi connectivity index (χ3n) is 3.92. The summed E-state index contributed by atoms with van der Waals surface area (Å²) >= 11 is 1.04. The summed E-state index contributed by atoms with van der Waals surface area (Å²) in [5.41, 5.74) is 1.56. The van der Waals surface area contributed by atoms with Crippen LogP contribution in [0.25, 0.3) is 12.2 Å². The Kier molecular flexibility index (Phi) is 5.61. The molecule has 1 N–H and O–H groups in total. The summed E-state index contributed by atoms with van der Waals surface area (Å²) in [5, 5.41) is 14.6. The van der Waals surface area contributed by atoms with Gasteiger partial charge in [-0.25, -0.2) is 8.42 Å². The van der Waals surface area contributed by atoms with E-state index in [1.54, 1.807) is 24.3 Å². The predicted octanol–water partition coefficient (Wildman–Crippen LogP) is 4.49. The third kappa shape index (κ3) is 4.29. The summed E-state index contributed by atoms with van der Waals surface area (Å²) in [6.45, 7) is 3.50. The predicted molar refractivity (Wildman–Crippen MR) is 108 cm³/mol. The molecule has 3 aromatic rings. The van der Waals surface area contributed by atoms with Crippen molar-refractivity contribution in [3.63, 3.8) is 0 Å². The number of thiophene rings is 1. The second kappa shape index (κ2) is 7.95. The number of hydrogen-bond acceptors (Lipinski definition) is 7. The smallest absolute Gasteiger partial charge is 0.338 e. The molecule has 0 atom stereocenters. The van der Waals surface area contributed by atoms with Crippen LogP contribution >= 0.6 is 11.3 Å². The number of sulfonamides is 1. The Hall–Kier alpha value is -2.98. The van der Waals surface area contributed by atoms with Crippen molar-refractivity contribution in [3.8, 4) is 0 Å². The van der Waals surface area contributed by atoms with Gasteiger partial charge in [0.1, 0.15) is 4.21 Å². The molecule has 28 heavy (non-hydrogen) atoms. The molecule has 0 aliphatic rings. The summed E-state index contributed by atoms with van der Waals surface area (Å²) in [6, 6.07) is 10.3. The van der Waals surface area contributed by atoms with Crippen LogP contribution in [0.4, 0.5) is 11.4 Å². The van der Waals surface area contributed by atoms with E-state index in [1.807, 2.05) is 19.1 Å². The van der Waals surface area contributed by atoms with E-state index in [-0.39, 0.29) is 21.4 Å². The van der Waals surface area contributed by atoms with Gasteiger partial charge in [-0.3, -0.25) is 14.8 Å². The van der Waals surface area contributed by atoms with Crippen LogP contribution in [-0.2, 0) is 16.4 Å². The summed E-state index contributed by atoms with van der Waals surface area (Å²) < 4.78 is 32.7. The zero-order valence-corrected chi connectivity index (χ0v) is 16.7. The highest BCUT2D eigenvalue weighted by Crippen LogP contribution is 2.28. The first-order chi connectivity index (χ1) is 13.3. The molecule has 0 aliphatic carbocycles. The number of rotatable bonds is 7. The van der Waals surface area contributed by atoms with Gasteiger partial charge in [0.2, 0.25) is 5.76 Å². The first kappa shape index (κ1) is 19.8. The molecule has 0 bridgehead atoms. The number of nitrogens with zero attached hydrogens (tertiary/aromatic N) is 2. The second-order valence-corrected chi connectivity index (χ2v) is 8.91. The monoisotopic (exact) mass is 419 g/mol. The van der Waals surface area contributed by atoms with Gasteiger partial charge in [-0.2, -0.15) is 0 Å². The first-order valence-electron chi connectivity index (χ1n) is 8.30. The Morgan fingerprint density at radius 2 is 1.93 bits per heavy atom. The molecule has 0 fully saturated rings. The lowest BCUT2D eigenvalue weighted by molar-refractivity contribution is -0.386. The highest BCUT2D eigenvalue weighted by molar-refractivity contribution is 7.94. The number of nitrogens with one attached hydrogen (secondary N) is 1. The van der Waals surface area contributed by atoms with Crippen LogP contribution in [0.2, 0.25) is 0 Å². The van der Waals surface area contributed by atoms with E-state index in [4.69, 9.17) is 4.52 Å². The molecule has 3 rings (SSSR count). The third-order valence-corrected chi connectivity index (χ3v) is 6.84. The number of aryl methyl sites for hydroxylation is 2. The minimum absolute atomic E-state index is 0.00875. The van der Waals surface area contributed by atoms with Crippen molar-refractivity contribution in [1.29, 1.82) is 0 Å². The topological polar surface area (TPSA) is 115 Å². The molecule has 10 heteroatoms. The molecule has 8 nitrogen and oxygen atoms in total. The fourth-order valence-electron chi connectivity index (χ4n) is 2.45. The van der Waals surface area contributed by atoms with E-state index >= 15 is 0 Å². The summed E-state index contributed by atoms with van der Waals surface area (Å²) in [6.07, 6.45) is 3.82. The zero-order valence-electron chi connectivity index (χ0n) is 15.1. The molecule has 1 aromatic carbocycles. The summed E-state index contributed by atoms with van der Waals surface area (Å²) in [5.74, 6) is 0.00875. The molecule has 0 unspecified atom stereocenters. The fraction of sp³-hybridized carbons (Fsp3) is 0.167. The maximum absolute atomic E-state index is 12.5. The van der Waals surface area contributed by atoms with Gasteiger partial charge in [-0.1, -0.05) is 24.2 Å². The van der Waals surface area contributed by atoms with E-state index in [0.717, 1.165) is 23.3 Å². The van der Waals surface area contributed by atoms with Gasteiger partial charge in [-0.15, -0.1) is 11.3 Å². The van der Waals surface area contributed by atoms with Crippen molar-refractivity contribution in [2.75, 3.05) is 4.72 Å². The quantitative estimate of drug-likeness (QED) is 0.446. The molecule has 0 saturated heterocycles. The van der Waals surface area contributed by atoms with Crippen molar-refractivity contribution in [1.82, 2.24) is 5.16 Å². The van der Waals surface area contributed by atoms with Gasteiger partial charge >= 0.3 is 5.69 Å². The van der Waals surface area contributed by atoms with Gasteiger partial charge in [0.05, 0.1) is 4.92 Å².